The van der Waals surface area contributed by atoms with Gasteiger partial charge in [-0.25, -0.2) is 0 Å². The van der Waals surface area contributed by atoms with Gasteiger partial charge in [0.1, 0.15) is 11.6 Å². The third-order valence-corrected chi connectivity index (χ3v) is 4.93. The number of benzene rings is 2. The monoisotopic (exact) mass is 379 g/mol. The number of unbranched alkanes of at least 4 members (excludes halogenated alkanes) is 4. The molecule has 0 aliphatic rings. The topological polar surface area (TPSA) is 72.8 Å². The second-order valence-corrected chi connectivity index (χ2v) is 7.10. The van der Waals surface area contributed by atoms with Crippen molar-refractivity contribution >= 4 is 16.7 Å². The number of amidine groups is 1. The first-order valence-corrected chi connectivity index (χ1v) is 9.98. The van der Waals surface area contributed by atoms with Crippen molar-refractivity contribution in [3.8, 4) is 5.75 Å². The van der Waals surface area contributed by atoms with E-state index in [1.165, 1.54) is 36.6 Å². The molecule has 1 aromatic heterocycles. The molecule has 2 aromatic carbocycles. The second kappa shape index (κ2) is 10.4. The first-order valence-electron chi connectivity index (χ1n) is 9.98. The molecule has 0 unspecified atom stereocenters. The zero-order valence-electron chi connectivity index (χ0n) is 16.3. The summed E-state index contributed by atoms with van der Waals surface area (Å²) in [6.07, 6.45) is 8.58. The number of nitrogens with zero attached hydrogens (tertiary/aromatic N) is 2. The van der Waals surface area contributed by atoms with Crippen LogP contribution in [0.3, 0.4) is 0 Å². The lowest BCUT2D eigenvalue weighted by atomic mass is 10.1. The summed E-state index contributed by atoms with van der Waals surface area (Å²) >= 11 is 0. The van der Waals surface area contributed by atoms with Gasteiger partial charge in [0.2, 0.25) is 0 Å². The van der Waals surface area contributed by atoms with E-state index in [9.17, 15) is 0 Å². The summed E-state index contributed by atoms with van der Waals surface area (Å²) < 4.78 is 8.14. The fraction of sp³-hybridized carbons (Fsp3) is 0.348. The summed E-state index contributed by atoms with van der Waals surface area (Å²) in [5, 5.41) is 12.9. The fourth-order valence-corrected chi connectivity index (χ4v) is 3.39. The molecule has 3 rings (SSSR count). The Labute approximate surface area is 166 Å². The van der Waals surface area contributed by atoms with Crippen molar-refractivity contribution in [3.63, 3.8) is 0 Å². The van der Waals surface area contributed by atoms with E-state index in [2.05, 4.69) is 46.3 Å². The average molecular weight is 380 g/mol. The quantitative estimate of drug-likeness (QED) is 0.163. The van der Waals surface area contributed by atoms with Gasteiger partial charge in [-0.2, -0.15) is 0 Å². The number of aryl methyl sites for hydroxylation is 1. The minimum atomic E-state index is 0.207. The van der Waals surface area contributed by atoms with Gasteiger partial charge < -0.3 is 20.2 Å². The largest absolute Gasteiger partial charge is 0.494 e. The average Bonchev–Trinajstić information content (AvgIpc) is 3.14. The van der Waals surface area contributed by atoms with Gasteiger partial charge in [0, 0.05) is 24.7 Å². The number of aromatic nitrogens is 1. The summed E-state index contributed by atoms with van der Waals surface area (Å²) in [6.45, 7) is 1.82. The first kappa shape index (κ1) is 19.8. The SMILES string of the molecule is N/C(Cc1ccc(OCCCCCCCn2ccc3ccccc32)cc1)=N/O. The van der Waals surface area contributed by atoms with E-state index in [-0.39, 0.29) is 5.84 Å². The summed E-state index contributed by atoms with van der Waals surface area (Å²) in [4.78, 5) is 0. The molecule has 3 aromatic rings. The van der Waals surface area contributed by atoms with E-state index in [0.29, 0.717) is 6.42 Å². The molecule has 148 valence electrons. The van der Waals surface area contributed by atoms with Crippen LogP contribution in [0.2, 0.25) is 0 Å². The van der Waals surface area contributed by atoms with Gasteiger partial charge in [0.15, 0.2) is 0 Å². The molecule has 0 radical (unpaired) electrons. The third-order valence-electron chi connectivity index (χ3n) is 4.93. The van der Waals surface area contributed by atoms with E-state index in [0.717, 1.165) is 30.9 Å². The maximum atomic E-state index is 8.60. The van der Waals surface area contributed by atoms with E-state index in [4.69, 9.17) is 15.7 Å². The fourth-order valence-electron chi connectivity index (χ4n) is 3.39. The third kappa shape index (κ3) is 5.78. The van der Waals surface area contributed by atoms with Gasteiger partial charge in [-0.3, -0.25) is 0 Å². The predicted molar refractivity (Wildman–Crippen MR) is 114 cm³/mol. The van der Waals surface area contributed by atoms with Crippen LogP contribution >= 0.6 is 0 Å². The van der Waals surface area contributed by atoms with Crippen LogP contribution in [0.4, 0.5) is 0 Å². The highest BCUT2D eigenvalue weighted by atomic mass is 16.5. The highest BCUT2D eigenvalue weighted by Gasteiger charge is 2.01. The Morgan fingerprint density at radius 2 is 1.68 bits per heavy atom. The number of hydrogen-bond acceptors (Lipinski definition) is 3. The minimum absolute atomic E-state index is 0.207. The molecule has 0 spiro atoms. The Morgan fingerprint density at radius 3 is 2.50 bits per heavy atom. The van der Waals surface area contributed by atoms with Crippen molar-refractivity contribution in [1.29, 1.82) is 0 Å². The molecule has 0 aliphatic carbocycles. The smallest absolute Gasteiger partial charge is 0.143 e. The molecule has 1 heterocycles. The number of hydrogen-bond donors (Lipinski definition) is 2. The Hall–Kier alpha value is -2.95. The van der Waals surface area contributed by atoms with Crippen molar-refractivity contribution < 1.29 is 9.94 Å². The van der Waals surface area contributed by atoms with E-state index in [1.807, 2.05) is 24.3 Å². The molecule has 28 heavy (non-hydrogen) atoms. The maximum absolute atomic E-state index is 8.60. The molecule has 0 atom stereocenters. The second-order valence-electron chi connectivity index (χ2n) is 7.10. The van der Waals surface area contributed by atoms with Crippen molar-refractivity contribution in [2.75, 3.05) is 6.61 Å². The van der Waals surface area contributed by atoms with Gasteiger partial charge in [0.25, 0.3) is 0 Å². The Balaban J connectivity index is 1.26. The van der Waals surface area contributed by atoms with Crippen molar-refractivity contribution in [2.24, 2.45) is 10.9 Å². The van der Waals surface area contributed by atoms with Crippen molar-refractivity contribution in [3.05, 3.63) is 66.4 Å². The molecule has 3 N–H and O–H groups in total. The molecule has 5 nitrogen and oxygen atoms in total. The summed E-state index contributed by atoms with van der Waals surface area (Å²) in [7, 11) is 0. The molecular weight excluding hydrogens is 350 g/mol. The van der Waals surface area contributed by atoms with E-state index >= 15 is 0 Å². The van der Waals surface area contributed by atoms with Crippen molar-refractivity contribution in [1.82, 2.24) is 4.57 Å². The summed E-state index contributed by atoms with van der Waals surface area (Å²) in [6, 6.07) is 18.5. The van der Waals surface area contributed by atoms with E-state index in [1.54, 1.807) is 0 Å². The van der Waals surface area contributed by atoms with Crippen molar-refractivity contribution in [2.45, 2.75) is 45.1 Å². The number of para-hydroxylation sites is 1. The highest BCUT2D eigenvalue weighted by molar-refractivity contribution is 5.82. The van der Waals surface area contributed by atoms with E-state index < -0.39 is 0 Å². The van der Waals surface area contributed by atoms with Crippen LogP contribution in [-0.2, 0) is 13.0 Å². The standard InChI is InChI=1S/C23H29N3O2/c24-23(25-27)18-19-10-12-21(13-11-19)28-17-7-3-1-2-6-15-26-16-14-20-8-4-5-9-22(20)26/h4-5,8-14,16,27H,1-3,6-7,15,17-18H2,(H2,24,25). The van der Waals surface area contributed by atoms with Crippen LogP contribution in [0, 0.1) is 0 Å². The highest BCUT2D eigenvalue weighted by Crippen LogP contribution is 2.17. The molecule has 0 saturated carbocycles. The molecule has 0 saturated heterocycles. The molecular formula is C23H29N3O2. The molecule has 0 fully saturated rings. The Morgan fingerprint density at radius 1 is 0.929 bits per heavy atom. The van der Waals surface area contributed by atoms with Gasteiger partial charge in [-0.05, 0) is 48.1 Å². The molecule has 0 amide bonds. The summed E-state index contributed by atoms with van der Waals surface area (Å²) in [5.74, 6) is 1.07. The lowest BCUT2D eigenvalue weighted by Gasteiger charge is -2.08. The van der Waals surface area contributed by atoms with Gasteiger partial charge in [-0.15, -0.1) is 0 Å². The van der Waals surface area contributed by atoms with Crippen LogP contribution in [-0.4, -0.2) is 22.2 Å². The van der Waals surface area contributed by atoms with Crippen LogP contribution < -0.4 is 10.5 Å². The minimum Gasteiger partial charge on any atom is -0.494 e. The van der Waals surface area contributed by atoms with Crippen LogP contribution in [0.25, 0.3) is 10.9 Å². The number of oxime groups is 1. The molecule has 0 aliphatic heterocycles. The first-order chi connectivity index (χ1) is 13.8. The zero-order chi connectivity index (χ0) is 19.6. The van der Waals surface area contributed by atoms with Gasteiger partial charge >= 0.3 is 0 Å². The molecule has 0 bridgehead atoms. The maximum Gasteiger partial charge on any atom is 0.143 e. The number of fused-ring (bicyclic) bond motifs is 1. The Bertz CT molecular complexity index is 884. The summed E-state index contributed by atoms with van der Waals surface area (Å²) in [5.41, 5.74) is 7.84. The lowest BCUT2D eigenvalue weighted by Crippen LogP contribution is -2.14. The Kier molecular flexibility index (Phi) is 7.36. The van der Waals surface area contributed by atoms with Crippen LogP contribution in [0.15, 0.2) is 65.9 Å². The van der Waals surface area contributed by atoms with Crippen LogP contribution in [0.5, 0.6) is 5.75 Å². The normalized spacial score (nSPS) is 11.8. The van der Waals surface area contributed by atoms with Gasteiger partial charge in [0.05, 0.1) is 6.61 Å². The predicted octanol–water partition coefficient (Wildman–Crippen LogP) is 4.96. The number of rotatable bonds is 11. The number of nitrogens with two attached hydrogens (primary N) is 1. The molecule has 5 heteroatoms. The number of ether oxygens (including phenoxy) is 1. The lowest BCUT2D eigenvalue weighted by molar-refractivity contribution is 0.304. The zero-order valence-corrected chi connectivity index (χ0v) is 16.3. The van der Waals surface area contributed by atoms with Crippen LogP contribution in [0.1, 0.15) is 37.7 Å². The van der Waals surface area contributed by atoms with Gasteiger partial charge in [-0.1, -0.05) is 54.8 Å².